The molecule has 1 aromatic carbocycles. The zero-order chi connectivity index (χ0) is 11.8. The molecule has 0 nitrogen and oxygen atoms in total. The Kier molecular flexibility index (Phi) is 8.93. The number of benzene rings is 1. The highest BCUT2D eigenvalue weighted by molar-refractivity contribution is 7.01. The molecule has 0 atom stereocenters. The van der Waals surface area contributed by atoms with E-state index in [9.17, 15) is 0 Å². The summed E-state index contributed by atoms with van der Waals surface area (Å²) < 4.78 is 2.33. The van der Waals surface area contributed by atoms with Crippen LogP contribution in [0.2, 0.25) is 4.05 Å². The van der Waals surface area contributed by atoms with Crippen molar-refractivity contribution in [3.63, 3.8) is 0 Å². The summed E-state index contributed by atoms with van der Waals surface area (Å²) in [7, 11) is 11.5. The van der Waals surface area contributed by atoms with E-state index in [1.54, 1.807) is 0 Å². The molecule has 2 rings (SSSR count). The second kappa shape index (κ2) is 9.29. The second-order valence-electron chi connectivity index (χ2n) is 4.43. The SMILES string of the molecule is Cc1ccc[c]([Mg][Cl])c1.[Cl][Mg][CH]1CCCC1. The van der Waals surface area contributed by atoms with Crippen molar-refractivity contribution in [2.24, 2.45) is 0 Å². The van der Waals surface area contributed by atoms with Gasteiger partial charge in [0.05, 0.1) is 0 Å². The van der Waals surface area contributed by atoms with Crippen molar-refractivity contribution in [2.75, 3.05) is 0 Å². The Balaban J connectivity index is 0.000000165. The predicted octanol–water partition coefficient (Wildman–Crippen LogP) is 3.69. The summed E-state index contributed by atoms with van der Waals surface area (Å²) in [6, 6.07) is 8.38. The van der Waals surface area contributed by atoms with Crippen LogP contribution in [0.5, 0.6) is 0 Å². The molecule has 1 aromatic rings. The predicted molar refractivity (Wildman–Crippen MR) is 76.2 cm³/mol. The Bertz CT molecular complexity index is 299. The van der Waals surface area contributed by atoms with E-state index in [1.807, 2.05) is 0 Å². The van der Waals surface area contributed by atoms with E-state index < -0.39 is 19.3 Å². The van der Waals surface area contributed by atoms with Crippen LogP contribution in [0.15, 0.2) is 24.3 Å². The largest absolute Gasteiger partial charge is 0.538 e. The average molecular weight is 280 g/mol. The van der Waals surface area contributed by atoms with Gasteiger partial charge in [0.25, 0.3) is 0 Å². The van der Waals surface area contributed by atoms with Crippen LogP contribution in [0.1, 0.15) is 31.2 Å². The van der Waals surface area contributed by atoms with Gasteiger partial charge in [-0.25, -0.2) is 0 Å². The molecular formula is C12H16Cl2Mg2. The Morgan fingerprint density at radius 3 is 2.25 bits per heavy atom. The van der Waals surface area contributed by atoms with Crippen LogP contribution in [-0.2, 0) is 0 Å². The first-order valence-corrected chi connectivity index (χ1v) is 11.7. The van der Waals surface area contributed by atoms with Gasteiger partial charge in [0.1, 0.15) is 0 Å². The fourth-order valence-corrected chi connectivity index (χ4v) is 4.89. The van der Waals surface area contributed by atoms with Gasteiger partial charge >= 0.3 is 38.5 Å². The van der Waals surface area contributed by atoms with Crippen molar-refractivity contribution in [1.29, 1.82) is 0 Å². The lowest BCUT2D eigenvalue weighted by Gasteiger charge is -1.95. The fraction of sp³-hybridized carbons (Fsp3) is 0.500. The van der Waals surface area contributed by atoms with Gasteiger partial charge in [-0.2, -0.15) is 0 Å². The lowest BCUT2D eigenvalue weighted by molar-refractivity contribution is 0.876. The van der Waals surface area contributed by atoms with Gasteiger partial charge in [0.2, 0.25) is 0 Å². The summed E-state index contributed by atoms with van der Waals surface area (Å²) in [5.74, 6) is 0. The van der Waals surface area contributed by atoms with Crippen LogP contribution >= 0.6 is 18.1 Å². The lowest BCUT2D eigenvalue weighted by Crippen LogP contribution is -2.07. The molecule has 0 radical (unpaired) electrons. The van der Waals surface area contributed by atoms with Gasteiger partial charge in [-0.1, -0.05) is 55.5 Å². The molecule has 0 heterocycles. The summed E-state index contributed by atoms with van der Waals surface area (Å²) in [6.45, 7) is 2.09. The minimum Gasteiger partial charge on any atom is -0.346 e. The zero-order valence-electron chi connectivity index (χ0n) is 9.89. The maximum Gasteiger partial charge on any atom is 0.538 e. The number of hydrogen-bond acceptors (Lipinski definition) is 0. The molecule has 4 heteroatoms. The third kappa shape index (κ3) is 6.32. The number of halogens is 2. The first-order valence-electron chi connectivity index (χ1n) is 5.93. The van der Waals surface area contributed by atoms with Crippen molar-refractivity contribution in [3.05, 3.63) is 29.8 Å². The Morgan fingerprint density at radius 2 is 1.88 bits per heavy atom. The van der Waals surface area contributed by atoms with Gasteiger partial charge in [0.15, 0.2) is 0 Å². The first-order chi connectivity index (χ1) is 7.76. The maximum absolute atomic E-state index is 5.75. The molecule has 0 aromatic heterocycles. The molecule has 16 heavy (non-hydrogen) atoms. The molecule has 1 fully saturated rings. The molecule has 0 saturated heterocycles. The number of aryl methyl sites for hydroxylation is 1. The summed E-state index contributed by atoms with van der Waals surface area (Å²) in [5.41, 5.74) is 1.31. The highest BCUT2D eigenvalue weighted by Gasteiger charge is 2.15. The van der Waals surface area contributed by atoms with Crippen LogP contribution in [0, 0.1) is 6.92 Å². The lowest BCUT2D eigenvalue weighted by atomic mass is 10.2. The molecule has 82 valence electrons. The van der Waals surface area contributed by atoms with Crippen LogP contribution in [0.25, 0.3) is 0 Å². The Morgan fingerprint density at radius 1 is 1.19 bits per heavy atom. The fourth-order valence-electron chi connectivity index (χ4n) is 1.96. The highest BCUT2D eigenvalue weighted by Crippen LogP contribution is 2.29. The minimum absolute atomic E-state index is 0.137. The first kappa shape index (κ1) is 15.4. The van der Waals surface area contributed by atoms with E-state index in [2.05, 4.69) is 31.2 Å². The molecule has 0 amide bonds. The quantitative estimate of drug-likeness (QED) is 0.725. The molecule has 0 unspecified atom stereocenters. The van der Waals surface area contributed by atoms with Crippen molar-refractivity contribution < 1.29 is 0 Å². The molecule has 1 saturated carbocycles. The standard InChI is InChI=1S/C7H7.C5H9.2ClH.2Mg/c1-7-5-3-2-4-6-7;1-2-4-5-3-1;;;;/h2-3,5-6H,1H3;1H,2-5H2;2*1H;;/q;;;;2*+1/p-2. The minimum atomic E-state index is -0.458. The Labute approximate surface area is 125 Å². The van der Waals surface area contributed by atoms with Gasteiger partial charge in [0, 0.05) is 0 Å². The Hall–Kier alpha value is 1.33. The molecule has 0 bridgehead atoms. The smallest absolute Gasteiger partial charge is 0.346 e. The van der Waals surface area contributed by atoms with E-state index in [-0.39, 0.29) is 19.3 Å². The zero-order valence-corrected chi connectivity index (χ0v) is 14.2. The van der Waals surface area contributed by atoms with Gasteiger partial charge in [-0.3, -0.25) is 0 Å². The van der Waals surface area contributed by atoms with Crippen molar-refractivity contribution in [1.82, 2.24) is 0 Å². The third-order valence-corrected chi connectivity index (χ3v) is 7.17. The monoisotopic (exact) mass is 278 g/mol. The number of rotatable bonds is 2. The van der Waals surface area contributed by atoms with Gasteiger partial charge in [-0.15, -0.1) is 7.74 Å². The summed E-state index contributed by atoms with van der Waals surface area (Å²) >= 11 is -0.595. The summed E-state index contributed by atoms with van der Waals surface area (Å²) in [4.78, 5) is 0. The van der Waals surface area contributed by atoms with Crippen molar-refractivity contribution in [2.45, 2.75) is 36.7 Å². The normalized spacial score (nSPS) is 14.7. The molecule has 1 aliphatic carbocycles. The second-order valence-corrected chi connectivity index (χ2v) is 8.70. The van der Waals surface area contributed by atoms with Crippen LogP contribution in [-0.4, -0.2) is 38.5 Å². The topological polar surface area (TPSA) is 0 Å². The van der Waals surface area contributed by atoms with Crippen LogP contribution < -0.4 is 3.69 Å². The number of hydrogen-bond donors (Lipinski definition) is 0. The molecule has 0 N–H and O–H groups in total. The van der Waals surface area contributed by atoms with E-state index in [0.29, 0.717) is 0 Å². The molecule has 1 aliphatic rings. The van der Waals surface area contributed by atoms with E-state index in [0.717, 1.165) is 4.05 Å². The van der Waals surface area contributed by atoms with E-state index >= 15 is 0 Å². The highest BCUT2D eigenvalue weighted by atomic mass is 35.5. The van der Waals surface area contributed by atoms with Gasteiger partial charge < -0.3 is 18.1 Å². The van der Waals surface area contributed by atoms with Crippen molar-refractivity contribution >= 4 is 60.4 Å². The third-order valence-electron chi connectivity index (χ3n) is 2.93. The average Bonchev–Trinajstić information content (AvgIpc) is 2.82. The van der Waals surface area contributed by atoms with E-state index in [1.165, 1.54) is 34.9 Å². The van der Waals surface area contributed by atoms with Crippen LogP contribution in [0.4, 0.5) is 0 Å². The van der Waals surface area contributed by atoms with Crippen LogP contribution in [0.3, 0.4) is 0 Å². The molecule has 0 spiro atoms. The van der Waals surface area contributed by atoms with Crippen molar-refractivity contribution in [3.8, 4) is 0 Å². The molecule has 0 aliphatic heterocycles. The summed E-state index contributed by atoms with van der Waals surface area (Å²) in [6.07, 6.45) is 5.78. The molecular weight excluding hydrogens is 264 g/mol. The maximum atomic E-state index is 5.75. The van der Waals surface area contributed by atoms with Gasteiger partial charge in [-0.05, 0) is 6.92 Å². The van der Waals surface area contributed by atoms with E-state index in [4.69, 9.17) is 18.1 Å². The summed E-state index contributed by atoms with van der Waals surface area (Å²) in [5, 5.41) is 0.